The molecule has 1 aromatic carbocycles. The summed E-state index contributed by atoms with van der Waals surface area (Å²) in [4.78, 5) is 28.2. The highest BCUT2D eigenvalue weighted by atomic mass is 16.6. The van der Waals surface area contributed by atoms with Gasteiger partial charge in [0.15, 0.2) is 0 Å². The van der Waals surface area contributed by atoms with Crippen molar-refractivity contribution in [1.29, 1.82) is 0 Å². The van der Waals surface area contributed by atoms with Crippen molar-refractivity contribution in [2.24, 2.45) is 33.6 Å². The summed E-state index contributed by atoms with van der Waals surface area (Å²) in [6, 6.07) is 6.36. The number of carbonyl (C=O) groups excluding carboxylic acids is 1. The maximum absolute atomic E-state index is 12.7. The number of Topliss-reactive ketones (excluding diaryl/α,β-unsaturated/α-hetero) is 1. The molecule has 6 rings (SSSR count). The van der Waals surface area contributed by atoms with Crippen LogP contribution in [0.2, 0.25) is 0 Å². The van der Waals surface area contributed by atoms with E-state index in [1.807, 2.05) is 13.8 Å². The molecule has 0 saturated heterocycles. The molecule has 0 amide bonds. The van der Waals surface area contributed by atoms with Gasteiger partial charge in [-0.05, 0) is 81.4 Å². The predicted octanol–water partition coefficient (Wildman–Crippen LogP) is 6.71. The van der Waals surface area contributed by atoms with Crippen LogP contribution in [0.1, 0.15) is 71.8 Å². The normalized spacial score (nSPS) is 38.4. The minimum atomic E-state index is -0.602. The average Bonchev–Trinajstić information content (AvgIpc) is 3.33. The third-order valence-electron chi connectivity index (χ3n) is 10.0. The van der Waals surface area contributed by atoms with Crippen LogP contribution in [0, 0.1) is 38.7 Å². The monoisotopic (exact) mass is 486 g/mol. The third-order valence-corrected chi connectivity index (χ3v) is 10.0. The number of nitro groups is 1. The van der Waals surface area contributed by atoms with Crippen LogP contribution < -0.4 is 0 Å². The number of carbonyl (C=O) groups is 1. The van der Waals surface area contributed by atoms with E-state index < -0.39 is 10.5 Å². The molecule has 3 fully saturated rings. The van der Waals surface area contributed by atoms with Gasteiger partial charge in [0, 0.05) is 34.9 Å². The van der Waals surface area contributed by atoms with Gasteiger partial charge in [-0.25, -0.2) is 4.99 Å². The SMILES string of the molecule is CC1(C)OC(c2ccc([N+](=O)[O-])cc2)=N/C1=C1\C=C[C@@]2(C)C(=C1)CC[C@@H]1[C@@H]2CC[C@]2(C)C(=O)CC[C@@H]12. The fraction of sp³-hybridized carbons (Fsp3) is 0.533. The predicted molar refractivity (Wildman–Crippen MR) is 138 cm³/mol. The topological polar surface area (TPSA) is 81.8 Å². The molecular weight excluding hydrogens is 452 g/mol. The second-order valence-electron chi connectivity index (χ2n) is 12.3. The zero-order chi connectivity index (χ0) is 25.5. The summed E-state index contributed by atoms with van der Waals surface area (Å²) in [7, 11) is 0. The van der Waals surface area contributed by atoms with E-state index in [0.717, 1.165) is 55.4 Å². The van der Waals surface area contributed by atoms with Crippen molar-refractivity contribution in [3.05, 3.63) is 75.0 Å². The Balaban J connectivity index is 1.32. The summed E-state index contributed by atoms with van der Waals surface area (Å²) < 4.78 is 6.24. The summed E-state index contributed by atoms with van der Waals surface area (Å²) in [5.41, 5.74) is 3.55. The Bertz CT molecular complexity index is 1280. The number of nitrogens with zero attached hydrogens (tertiary/aromatic N) is 2. The number of allylic oxidation sites excluding steroid dienone is 5. The summed E-state index contributed by atoms with van der Waals surface area (Å²) in [5.74, 6) is 2.73. The minimum Gasteiger partial charge on any atom is -0.465 e. The molecule has 0 radical (unpaired) electrons. The molecule has 188 valence electrons. The molecule has 36 heavy (non-hydrogen) atoms. The Morgan fingerprint density at radius 1 is 1.03 bits per heavy atom. The molecule has 1 aromatic rings. The van der Waals surface area contributed by atoms with Crippen LogP contribution in [0.4, 0.5) is 5.69 Å². The van der Waals surface area contributed by atoms with Crippen LogP contribution in [0.15, 0.2) is 64.3 Å². The van der Waals surface area contributed by atoms with E-state index >= 15 is 0 Å². The minimum absolute atomic E-state index is 0.0223. The van der Waals surface area contributed by atoms with Crippen LogP contribution in [-0.2, 0) is 9.53 Å². The van der Waals surface area contributed by atoms with Gasteiger partial charge < -0.3 is 4.74 Å². The van der Waals surface area contributed by atoms with Crippen LogP contribution in [0.25, 0.3) is 0 Å². The van der Waals surface area contributed by atoms with Crippen molar-refractivity contribution in [3.63, 3.8) is 0 Å². The number of non-ortho nitro benzene ring substituents is 1. The molecule has 0 unspecified atom stereocenters. The number of rotatable bonds is 2. The maximum atomic E-state index is 12.7. The number of hydrogen-bond acceptors (Lipinski definition) is 5. The van der Waals surface area contributed by atoms with Crippen LogP contribution in [0.5, 0.6) is 0 Å². The van der Waals surface area contributed by atoms with Gasteiger partial charge >= 0.3 is 0 Å². The molecule has 0 N–H and O–H groups in total. The second-order valence-corrected chi connectivity index (χ2v) is 12.3. The number of ether oxygens (including phenoxy) is 1. The first-order chi connectivity index (χ1) is 17.0. The van der Waals surface area contributed by atoms with Gasteiger partial charge in [0.1, 0.15) is 11.4 Å². The highest BCUT2D eigenvalue weighted by Gasteiger charge is 2.58. The summed E-state index contributed by atoms with van der Waals surface area (Å²) in [5, 5.41) is 11.0. The van der Waals surface area contributed by atoms with Gasteiger partial charge in [-0.15, -0.1) is 0 Å². The zero-order valence-corrected chi connectivity index (χ0v) is 21.5. The molecule has 6 heteroatoms. The fourth-order valence-corrected chi connectivity index (χ4v) is 7.95. The number of hydrogen-bond donors (Lipinski definition) is 0. The number of aliphatic imine (C=N–C) groups is 1. The van der Waals surface area contributed by atoms with E-state index in [9.17, 15) is 14.9 Å². The zero-order valence-electron chi connectivity index (χ0n) is 21.5. The van der Waals surface area contributed by atoms with E-state index in [1.165, 1.54) is 17.7 Å². The van der Waals surface area contributed by atoms with Crippen LogP contribution >= 0.6 is 0 Å². The molecule has 1 aliphatic heterocycles. The molecule has 3 saturated carbocycles. The molecule has 1 heterocycles. The Morgan fingerprint density at radius 3 is 2.50 bits per heavy atom. The van der Waals surface area contributed by atoms with Gasteiger partial charge in [0.25, 0.3) is 5.69 Å². The lowest BCUT2D eigenvalue weighted by atomic mass is 9.48. The Kier molecular flexibility index (Phi) is 5.03. The van der Waals surface area contributed by atoms with E-state index in [4.69, 9.17) is 9.73 Å². The Hall–Kier alpha value is -3.02. The van der Waals surface area contributed by atoms with Crippen molar-refractivity contribution in [1.82, 2.24) is 0 Å². The van der Waals surface area contributed by atoms with Gasteiger partial charge in [-0.3, -0.25) is 14.9 Å². The largest absolute Gasteiger partial charge is 0.465 e. The third kappa shape index (κ3) is 3.29. The first-order valence-corrected chi connectivity index (χ1v) is 13.2. The molecular formula is C30H34N2O4. The lowest BCUT2D eigenvalue weighted by Crippen LogP contribution is -2.49. The highest BCUT2D eigenvalue weighted by molar-refractivity contribution is 5.97. The summed E-state index contributed by atoms with van der Waals surface area (Å²) in [6.45, 7) is 8.68. The molecule has 6 nitrogen and oxygen atoms in total. The van der Waals surface area contributed by atoms with Crippen LogP contribution in [-0.4, -0.2) is 22.2 Å². The molecule has 5 aliphatic rings. The molecule has 0 bridgehead atoms. The number of benzene rings is 1. The lowest BCUT2D eigenvalue weighted by Gasteiger charge is -2.55. The second kappa shape index (κ2) is 7.74. The number of fused-ring (bicyclic) bond motifs is 5. The molecule has 4 aliphatic carbocycles. The standard InChI is InChI=1S/C30H34N2O4/c1-28(2)26(31-27(36-28)18-5-8-21(9-6-18)32(34)35)19-13-15-29(3)20(17-19)7-10-22-23-11-12-25(33)30(23,4)16-14-24(22)29/h5-6,8-9,13,15,17,22-24H,7,10-12,14,16H2,1-4H3/b26-19+/t22-,23-,24-,29-,30-/m0/s1. The quantitative estimate of drug-likeness (QED) is 0.343. The van der Waals surface area contributed by atoms with E-state index in [2.05, 4.69) is 32.1 Å². The lowest BCUT2D eigenvalue weighted by molar-refractivity contribution is -0.384. The van der Waals surface area contributed by atoms with Crippen molar-refractivity contribution in [3.8, 4) is 0 Å². The van der Waals surface area contributed by atoms with Crippen molar-refractivity contribution >= 4 is 17.4 Å². The van der Waals surface area contributed by atoms with Crippen molar-refractivity contribution < 1.29 is 14.5 Å². The highest BCUT2D eigenvalue weighted by Crippen LogP contribution is 2.64. The van der Waals surface area contributed by atoms with Gasteiger partial charge in [-0.2, -0.15) is 0 Å². The van der Waals surface area contributed by atoms with E-state index in [0.29, 0.717) is 29.4 Å². The van der Waals surface area contributed by atoms with Crippen LogP contribution in [0.3, 0.4) is 0 Å². The first kappa shape index (κ1) is 23.4. The van der Waals surface area contributed by atoms with Gasteiger partial charge in [0.2, 0.25) is 5.90 Å². The maximum Gasteiger partial charge on any atom is 0.269 e. The van der Waals surface area contributed by atoms with E-state index in [1.54, 1.807) is 12.1 Å². The number of nitro benzene ring substituents is 1. The Morgan fingerprint density at radius 2 is 1.78 bits per heavy atom. The molecule has 0 spiro atoms. The molecule has 5 atom stereocenters. The van der Waals surface area contributed by atoms with Gasteiger partial charge in [0.05, 0.1) is 10.6 Å². The smallest absolute Gasteiger partial charge is 0.269 e. The number of ketones is 1. The first-order valence-electron chi connectivity index (χ1n) is 13.2. The Labute approximate surface area is 212 Å². The summed E-state index contributed by atoms with van der Waals surface area (Å²) >= 11 is 0. The van der Waals surface area contributed by atoms with E-state index in [-0.39, 0.29) is 16.5 Å². The average molecular weight is 487 g/mol. The van der Waals surface area contributed by atoms with Crippen molar-refractivity contribution in [2.75, 3.05) is 0 Å². The van der Waals surface area contributed by atoms with Gasteiger partial charge in [-0.1, -0.05) is 37.6 Å². The summed E-state index contributed by atoms with van der Waals surface area (Å²) in [6.07, 6.45) is 13.1. The fourth-order valence-electron chi connectivity index (χ4n) is 7.95. The van der Waals surface area contributed by atoms with Crippen molar-refractivity contribution in [2.45, 2.75) is 71.8 Å². The molecule has 0 aromatic heterocycles.